The minimum atomic E-state index is -1.02. The van der Waals surface area contributed by atoms with Crippen molar-refractivity contribution in [1.82, 2.24) is 0 Å². The van der Waals surface area contributed by atoms with E-state index in [1.54, 1.807) is 0 Å². The molecule has 0 aliphatic rings. The van der Waals surface area contributed by atoms with Gasteiger partial charge in [-0.2, -0.15) is 0 Å². The van der Waals surface area contributed by atoms with Crippen LogP contribution in [0.2, 0.25) is 0 Å². The third kappa shape index (κ3) is 4.57. The second-order valence-electron chi connectivity index (χ2n) is 5.48. The van der Waals surface area contributed by atoms with Crippen molar-refractivity contribution in [1.29, 1.82) is 0 Å². The van der Waals surface area contributed by atoms with Gasteiger partial charge in [0, 0.05) is 5.97 Å². The van der Waals surface area contributed by atoms with Gasteiger partial charge in [-0.25, -0.2) is 0 Å². The van der Waals surface area contributed by atoms with Gasteiger partial charge in [0.1, 0.15) is 0 Å². The van der Waals surface area contributed by atoms with Crippen molar-refractivity contribution in [3.8, 4) is 22.3 Å². The molecule has 0 aromatic heterocycles. The molecule has 0 bridgehead atoms. The number of benzene rings is 3. The first-order valence-corrected chi connectivity index (χ1v) is 7.67. The quantitative estimate of drug-likeness (QED) is 0.649. The van der Waals surface area contributed by atoms with Crippen LogP contribution in [-0.2, 0) is 11.2 Å². The number of carboxylic acids is 1. The molecule has 0 aliphatic heterocycles. The van der Waals surface area contributed by atoms with Crippen LogP contribution in [-0.4, -0.2) is 5.97 Å². The third-order valence-electron chi connectivity index (χ3n) is 3.90. The summed E-state index contributed by atoms with van der Waals surface area (Å²) in [5.41, 5.74) is 5.52. The van der Waals surface area contributed by atoms with Crippen LogP contribution in [0.5, 0.6) is 0 Å². The predicted octanol–water partition coefficient (Wildman–Crippen LogP) is 0.707. The van der Waals surface area contributed by atoms with E-state index in [0.717, 1.165) is 22.3 Å². The van der Waals surface area contributed by atoms with Gasteiger partial charge in [-0.05, 0) is 46.7 Å². The molecule has 3 aromatic carbocycles. The topological polar surface area (TPSA) is 40.1 Å². The normalized spacial score (nSPS) is 10.0. The molecule has 0 saturated heterocycles. The molecular weight excluding hydrogens is 307 g/mol. The van der Waals surface area contributed by atoms with Gasteiger partial charge in [0.25, 0.3) is 0 Å². The second kappa shape index (κ2) is 8.84. The van der Waals surface area contributed by atoms with Crippen LogP contribution in [0.25, 0.3) is 22.3 Å². The van der Waals surface area contributed by atoms with Crippen molar-refractivity contribution >= 4 is 5.97 Å². The molecule has 2 nitrogen and oxygen atoms in total. The van der Waals surface area contributed by atoms with E-state index in [0.29, 0.717) is 6.42 Å². The van der Waals surface area contributed by atoms with Crippen molar-refractivity contribution in [2.45, 2.75) is 12.8 Å². The summed E-state index contributed by atoms with van der Waals surface area (Å²) >= 11 is 0. The number of carbonyl (C=O) groups excluding carboxylic acids is 1. The Kier molecular flexibility index (Phi) is 6.80. The van der Waals surface area contributed by atoms with Crippen molar-refractivity contribution in [3.05, 3.63) is 84.4 Å². The fourth-order valence-corrected chi connectivity index (χ4v) is 2.75. The summed E-state index contributed by atoms with van der Waals surface area (Å²) in [6, 6.07) is 26.5. The smallest absolute Gasteiger partial charge is 0.550 e. The monoisotopic (exact) mass is 324 g/mol. The van der Waals surface area contributed by atoms with E-state index in [1.807, 2.05) is 48.5 Å². The standard InChI is InChI=1S/C21H18O2.Na/c22-21(23)14-13-17-9-4-5-12-20(17)19-11-6-10-18(15-19)16-7-2-1-3-8-16;/h1-12,15H,13-14H2,(H,22,23);/q;+1/p-1. The summed E-state index contributed by atoms with van der Waals surface area (Å²) < 4.78 is 0. The van der Waals surface area contributed by atoms with Gasteiger partial charge >= 0.3 is 29.6 Å². The summed E-state index contributed by atoms with van der Waals surface area (Å²) in [5, 5.41) is 10.7. The van der Waals surface area contributed by atoms with Gasteiger partial charge in [-0.1, -0.05) is 72.8 Å². The summed E-state index contributed by atoms with van der Waals surface area (Å²) in [7, 11) is 0. The zero-order valence-corrected chi connectivity index (χ0v) is 15.7. The zero-order chi connectivity index (χ0) is 16.1. The van der Waals surface area contributed by atoms with E-state index in [2.05, 4.69) is 30.3 Å². The third-order valence-corrected chi connectivity index (χ3v) is 3.90. The maximum Gasteiger partial charge on any atom is 1.00 e. The summed E-state index contributed by atoms with van der Waals surface area (Å²) in [6.45, 7) is 0. The number of carboxylic acid groups (broad SMARTS) is 1. The number of carbonyl (C=O) groups is 1. The van der Waals surface area contributed by atoms with Crippen LogP contribution in [0, 0.1) is 0 Å². The van der Waals surface area contributed by atoms with Crippen LogP contribution in [0.15, 0.2) is 78.9 Å². The fourth-order valence-electron chi connectivity index (χ4n) is 2.75. The number of hydrogen-bond acceptors (Lipinski definition) is 2. The van der Waals surface area contributed by atoms with Crippen LogP contribution >= 0.6 is 0 Å². The van der Waals surface area contributed by atoms with E-state index in [-0.39, 0.29) is 36.0 Å². The molecule has 0 saturated carbocycles. The first-order valence-electron chi connectivity index (χ1n) is 7.67. The van der Waals surface area contributed by atoms with Crippen molar-refractivity contribution < 1.29 is 39.5 Å². The Labute approximate surface area is 164 Å². The van der Waals surface area contributed by atoms with E-state index in [9.17, 15) is 9.90 Å². The van der Waals surface area contributed by atoms with Crippen molar-refractivity contribution in [3.63, 3.8) is 0 Å². The number of aliphatic carboxylic acids is 1. The summed E-state index contributed by atoms with van der Waals surface area (Å²) in [6.07, 6.45) is 0.517. The predicted molar refractivity (Wildman–Crippen MR) is 90.6 cm³/mol. The van der Waals surface area contributed by atoms with Crippen LogP contribution < -0.4 is 34.7 Å². The Bertz CT molecular complexity index is 813. The van der Waals surface area contributed by atoms with Crippen LogP contribution in [0.1, 0.15) is 12.0 Å². The van der Waals surface area contributed by atoms with Gasteiger partial charge in [0.05, 0.1) is 0 Å². The molecule has 0 radical (unpaired) electrons. The number of aryl methyl sites for hydroxylation is 1. The number of rotatable bonds is 5. The van der Waals surface area contributed by atoms with Crippen LogP contribution in [0.3, 0.4) is 0 Å². The Morgan fingerprint density at radius 3 is 2.12 bits per heavy atom. The van der Waals surface area contributed by atoms with Gasteiger partial charge in [0.15, 0.2) is 0 Å². The molecule has 0 fully saturated rings. The molecular formula is C21H17NaO2. The van der Waals surface area contributed by atoms with Crippen molar-refractivity contribution in [2.75, 3.05) is 0 Å². The second-order valence-corrected chi connectivity index (χ2v) is 5.48. The minimum absolute atomic E-state index is 0. The Balaban J connectivity index is 0.00000208. The van der Waals surface area contributed by atoms with Gasteiger partial charge in [0.2, 0.25) is 0 Å². The Hall–Kier alpha value is -1.87. The molecule has 0 atom stereocenters. The first-order chi connectivity index (χ1) is 11.2. The average Bonchev–Trinajstić information content (AvgIpc) is 2.61. The molecule has 3 heteroatoms. The molecule has 0 N–H and O–H groups in total. The summed E-state index contributed by atoms with van der Waals surface area (Å²) in [4.78, 5) is 10.7. The SMILES string of the molecule is O=C([O-])CCc1ccccc1-c1cccc(-c2ccccc2)c1.[Na+]. The molecule has 0 aliphatic carbocycles. The van der Waals surface area contributed by atoms with E-state index < -0.39 is 5.97 Å². The zero-order valence-electron chi connectivity index (χ0n) is 13.7. The van der Waals surface area contributed by atoms with Gasteiger partial charge in [-0.15, -0.1) is 0 Å². The Morgan fingerprint density at radius 1 is 0.750 bits per heavy atom. The molecule has 24 heavy (non-hydrogen) atoms. The molecule has 114 valence electrons. The van der Waals surface area contributed by atoms with E-state index in [1.165, 1.54) is 5.56 Å². The van der Waals surface area contributed by atoms with Gasteiger partial charge in [-0.3, -0.25) is 0 Å². The first kappa shape index (κ1) is 18.5. The largest absolute Gasteiger partial charge is 1.00 e. The minimum Gasteiger partial charge on any atom is -0.550 e. The molecule has 3 rings (SSSR count). The number of hydrogen-bond donors (Lipinski definition) is 0. The maximum absolute atomic E-state index is 10.7. The molecule has 0 amide bonds. The fraction of sp³-hybridized carbons (Fsp3) is 0.0952. The molecule has 0 unspecified atom stereocenters. The van der Waals surface area contributed by atoms with E-state index >= 15 is 0 Å². The van der Waals surface area contributed by atoms with E-state index in [4.69, 9.17) is 0 Å². The molecule has 0 heterocycles. The molecule has 3 aromatic rings. The molecule has 0 spiro atoms. The summed E-state index contributed by atoms with van der Waals surface area (Å²) in [5.74, 6) is -1.02. The van der Waals surface area contributed by atoms with Crippen molar-refractivity contribution in [2.24, 2.45) is 0 Å². The maximum atomic E-state index is 10.7. The van der Waals surface area contributed by atoms with Crippen LogP contribution in [0.4, 0.5) is 0 Å². The average molecular weight is 324 g/mol. The Morgan fingerprint density at radius 2 is 1.38 bits per heavy atom. The van der Waals surface area contributed by atoms with Gasteiger partial charge < -0.3 is 9.90 Å².